The molecule has 14 heavy (non-hydrogen) atoms. The van der Waals surface area contributed by atoms with Crippen LogP contribution in [-0.2, 0) is 13.0 Å². The van der Waals surface area contributed by atoms with E-state index in [2.05, 4.69) is 22.0 Å². The number of rotatable bonds is 2. The number of hydrogen-bond donors (Lipinski definition) is 0. The minimum absolute atomic E-state index is 1.01. The van der Waals surface area contributed by atoms with Gasteiger partial charge in [-0.3, -0.25) is 9.88 Å². The Labute approximate surface area is 85.0 Å². The first-order valence-electron chi connectivity index (χ1n) is 5.57. The Bertz CT molecular complexity index is 331. The summed E-state index contributed by atoms with van der Waals surface area (Å²) in [6.45, 7) is 3.65. The Hall–Kier alpha value is -0.890. The lowest BCUT2D eigenvalue weighted by Crippen LogP contribution is -2.32. The van der Waals surface area contributed by atoms with Gasteiger partial charge in [-0.25, -0.2) is 0 Å². The smallest absolute Gasteiger partial charge is 0.0461 e. The normalized spacial score (nSPS) is 22.0. The summed E-state index contributed by atoms with van der Waals surface area (Å²) in [5, 5.41) is 0. The van der Waals surface area contributed by atoms with Gasteiger partial charge in [0.2, 0.25) is 0 Å². The van der Waals surface area contributed by atoms with E-state index in [1.807, 2.05) is 6.20 Å². The minimum atomic E-state index is 1.01. The lowest BCUT2D eigenvalue weighted by Gasteiger charge is -2.27. The SMILES string of the molecule is c1cnc2c(c1)CN(CC1CC1)CC2. The molecule has 2 nitrogen and oxygen atoms in total. The average molecular weight is 188 g/mol. The van der Waals surface area contributed by atoms with Gasteiger partial charge in [0.1, 0.15) is 0 Å². The van der Waals surface area contributed by atoms with Crippen LogP contribution in [0.4, 0.5) is 0 Å². The van der Waals surface area contributed by atoms with E-state index in [-0.39, 0.29) is 0 Å². The van der Waals surface area contributed by atoms with Crippen molar-refractivity contribution in [2.24, 2.45) is 5.92 Å². The highest BCUT2D eigenvalue weighted by Crippen LogP contribution is 2.31. The van der Waals surface area contributed by atoms with Gasteiger partial charge in [0, 0.05) is 37.9 Å². The van der Waals surface area contributed by atoms with Crippen LogP contribution in [0.5, 0.6) is 0 Å². The van der Waals surface area contributed by atoms with Crippen LogP contribution in [0.3, 0.4) is 0 Å². The summed E-state index contributed by atoms with van der Waals surface area (Å²) >= 11 is 0. The van der Waals surface area contributed by atoms with Crippen molar-refractivity contribution in [2.45, 2.75) is 25.8 Å². The molecule has 0 atom stereocenters. The molecule has 0 aromatic carbocycles. The quantitative estimate of drug-likeness (QED) is 0.704. The van der Waals surface area contributed by atoms with Crippen LogP contribution in [0, 0.1) is 5.92 Å². The number of pyridine rings is 1. The fourth-order valence-electron chi connectivity index (χ4n) is 2.25. The fourth-order valence-corrected chi connectivity index (χ4v) is 2.25. The van der Waals surface area contributed by atoms with E-state index in [0.29, 0.717) is 0 Å². The van der Waals surface area contributed by atoms with E-state index >= 15 is 0 Å². The molecule has 0 N–H and O–H groups in total. The van der Waals surface area contributed by atoms with Crippen LogP contribution in [0.15, 0.2) is 18.3 Å². The number of aromatic nitrogens is 1. The third-order valence-corrected chi connectivity index (χ3v) is 3.26. The summed E-state index contributed by atoms with van der Waals surface area (Å²) in [4.78, 5) is 7.01. The molecular weight excluding hydrogens is 172 g/mol. The van der Waals surface area contributed by atoms with E-state index in [9.17, 15) is 0 Å². The summed E-state index contributed by atoms with van der Waals surface area (Å²) in [7, 11) is 0. The Morgan fingerprint density at radius 3 is 3.21 bits per heavy atom. The molecule has 0 saturated heterocycles. The zero-order valence-electron chi connectivity index (χ0n) is 8.45. The second-order valence-corrected chi connectivity index (χ2v) is 4.54. The van der Waals surface area contributed by atoms with Gasteiger partial charge in [0.05, 0.1) is 0 Å². The number of nitrogens with zero attached hydrogens (tertiary/aromatic N) is 2. The third-order valence-electron chi connectivity index (χ3n) is 3.26. The minimum Gasteiger partial charge on any atom is -0.298 e. The van der Waals surface area contributed by atoms with Crippen LogP contribution >= 0.6 is 0 Å². The molecule has 0 unspecified atom stereocenters. The van der Waals surface area contributed by atoms with Crippen molar-refractivity contribution in [3.05, 3.63) is 29.6 Å². The molecule has 0 bridgehead atoms. The van der Waals surface area contributed by atoms with Gasteiger partial charge in [-0.2, -0.15) is 0 Å². The molecule has 1 saturated carbocycles. The maximum Gasteiger partial charge on any atom is 0.0461 e. The summed E-state index contributed by atoms with van der Waals surface area (Å²) in [5.41, 5.74) is 2.76. The predicted molar refractivity (Wildman–Crippen MR) is 55.9 cm³/mol. The van der Waals surface area contributed by atoms with Gasteiger partial charge in [0.25, 0.3) is 0 Å². The van der Waals surface area contributed by atoms with Crippen molar-refractivity contribution >= 4 is 0 Å². The largest absolute Gasteiger partial charge is 0.298 e. The van der Waals surface area contributed by atoms with Crippen LogP contribution in [0.25, 0.3) is 0 Å². The summed E-state index contributed by atoms with van der Waals surface area (Å²) in [6.07, 6.45) is 5.96. The Morgan fingerprint density at radius 2 is 2.36 bits per heavy atom. The van der Waals surface area contributed by atoms with Crippen molar-refractivity contribution in [1.29, 1.82) is 0 Å². The van der Waals surface area contributed by atoms with Crippen LogP contribution in [0.2, 0.25) is 0 Å². The first-order chi connectivity index (χ1) is 6.92. The molecule has 1 aliphatic carbocycles. The highest BCUT2D eigenvalue weighted by molar-refractivity contribution is 5.22. The molecule has 0 amide bonds. The summed E-state index contributed by atoms with van der Waals surface area (Å²) in [5.74, 6) is 1.01. The second kappa shape index (κ2) is 3.35. The van der Waals surface area contributed by atoms with Gasteiger partial charge < -0.3 is 0 Å². The zero-order chi connectivity index (χ0) is 9.38. The van der Waals surface area contributed by atoms with Crippen LogP contribution < -0.4 is 0 Å². The van der Waals surface area contributed by atoms with Crippen molar-refractivity contribution in [2.75, 3.05) is 13.1 Å². The van der Waals surface area contributed by atoms with Gasteiger partial charge in [-0.1, -0.05) is 6.07 Å². The van der Waals surface area contributed by atoms with Crippen molar-refractivity contribution in [3.8, 4) is 0 Å². The lowest BCUT2D eigenvalue weighted by atomic mass is 10.1. The molecule has 2 heterocycles. The van der Waals surface area contributed by atoms with Crippen molar-refractivity contribution in [1.82, 2.24) is 9.88 Å². The molecule has 74 valence electrons. The molecule has 2 heteroatoms. The van der Waals surface area contributed by atoms with Crippen molar-refractivity contribution in [3.63, 3.8) is 0 Å². The van der Waals surface area contributed by atoms with E-state index in [1.165, 1.54) is 37.2 Å². The highest BCUT2D eigenvalue weighted by atomic mass is 15.1. The molecule has 1 aromatic heterocycles. The van der Waals surface area contributed by atoms with Crippen LogP contribution in [0.1, 0.15) is 24.1 Å². The monoisotopic (exact) mass is 188 g/mol. The standard InChI is InChI=1S/C12H16N2/c1-2-11-9-14(8-10-3-4-10)7-5-12(11)13-6-1/h1-2,6,10H,3-5,7-9H2. The average Bonchev–Trinajstić information content (AvgIpc) is 3.02. The van der Waals surface area contributed by atoms with E-state index < -0.39 is 0 Å². The van der Waals surface area contributed by atoms with Crippen LogP contribution in [-0.4, -0.2) is 23.0 Å². The molecule has 1 fully saturated rings. The topological polar surface area (TPSA) is 16.1 Å². The summed E-state index contributed by atoms with van der Waals surface area (Å²) < 4.78 is 0. The lowest BCUT2D eigenvalue weighted by molar-refractivity contribution is 0.242. The molecule has 1 aromatic rings. The zero-order valence-corrected chi connectivity index (χ0v) is 8.45. The Kier molecular flexibility index (Phi) is 2.02. The van der Waals surface area contributed by atoms with E-state index in [0.717, 1.165) is 18.9 Å². The van der Waals surface area contributed by atoms with Gasteiger partial charge in [0.15, 0.2) is 0 Å². The Balaban J connectivity index is 1.72. The van der Waals surface area contributed by atoms with Crippen molar-refractivity contribution < 1.29 is 0 Å². The second-order valence-electron chi connectivity index (χ2n) is 4.54. The molecule has 1 aliphatic heterocycles. The molecule has 0 radical (unpaired) electrons. The van der Waals surface area contributed by atoms with Gasteiger partial charge >= 0.3 is 0 Å². The maximum absolute atomic E-state index is 4.42. The van der Waals surface area contributed by atoms with Gasteiger partial charge in [-0.15, -0.1) is 0 Å². The van der Waals surface area contributed by atoms with E-state index in [4.69, 9.17) is 0 Å². The third kappa shape index (κ3) is 1.67. The maximum atomic E-state index is 4.42. The molecular formula is C12H16N2. The van der Waals surface area contributed by atoms with E-state index in [1.54, 1.807) is 0 Å². The molecule has 2 aliphatic rings. The number of fused-ring (bicyclic) bond motifs is 1. The predicted octanol–water partition coefficient (Wildman–Crippen LogP) is 1.85. The Morgan fingerprint density at radius 1 is 1.43 bits per heavy atom. The first kappa shape index (κ1) is 8.42. The van der Waals surface area contributed by atoms with Gasteiger partial charge in [-0.05, 0) is 30.4 Å². The highest BCUT2D eigenvalue weighted by Gasteiger charge is 2.26. The fraction of sp³-hybridized carbons (Fsp3) is 0.583. The summed E-state index contributed by atoms with van der Waals surface area (Å²) in [6, 6.07) is 4.28. The molecule has 3 rings (SSSR count). The molecule has 0 spiro atoms. The first-order valence-corrected chi connectivity index (χ1v) is 5.57. The number of hydrogen-bond acceptors (Lipinski definition) is 2.